The first-order valence-electron chi connectivity index (χ1n) is 10.1. The fraction of sp³-hybridized carbons (Fsp3) is 0.0870. The predicted octanol–water partition coefficient (Wildman–Crippen LogP) is 5.43. The number of thiophene rings is 1. The highest BCUT2D eigenvalue weighted by Crippen LogP contribution is 2.27. The van der Waals surface area contributed by atoms with Gasteiger partial charge in [0.25, 0.3) is 15.9 Å². The fourth-order valence-corrected chi connectivity index (χ4v) is 6.16. The minimum absolute atomic E-state index is 0.0724. The lowest BCUT2D eigenvalue weighted by molar-refractivity contribution is -0.119. The number of esters is 1. The molecule has 2 aromatic carbocycles. The van der Waals surface area contributed by atoms with E-state index >= 15 is 0 Å². The Labute approximate surface area is 214 Å². The molecule has 0 aliphatic rings. The Hall–Kier alpha value is -3.25. The highest BCUT2D eigenvalue weighted by atomic mass is 35.5. The Kier molecular flexibility index (Phi) is 7.51. The van der Waals surface area contributed by atoms with Crippen LogP contribution in [0.2, 0.25) is 4.34 Å². The van der Waals surface area contributed by atoms with Gasteiger partial charge in [-0.25, -0.2) is 18.2 Å². The lowest BCUT2D eigenvalue weighted by atomic mass is 10.1. The minimum Gasteiger partial charge on any atom is -0.452 e. The number of hydrogen-bond acceptors (Lipinski definition) is 8. The predicted molar refractivity (Wildman–Crippen MR) is 138 cm³/mol. The van der Waals surface area contributed by atoms with Gasteiger partial charge in [0.15, 0.2) is 11.7 Å². The molecule has 0 aliphatic carbocycles. The summed E-state index contributed by atoms with van der Waals surface area (Å²) in [4.78, 5) is 28.8. The van der Waals surface area contributed by atoms with Crippen LogP contribution in [-0.2, 0) is 19.6 Å². The number of halogens is 1. The van der Waals surface area contributed by atoms with Crippen LogP contribution < -0.4 is 10.0 Å². The largest absolute Gasteiger partial charge is 0.452 e. The minimum atomic E-state index is -3.78. The number of nitrogens with zero attached hydrogens (tertiary/aromatic N) is 1. The van der Waals surface area contributed by atoms with Gasteiger partial charge < -0.3 is 4.74 Å². The average molecular weight is 548 g/mol. The maximum absolute atomic E-state index is 12.4. The molecule has 4 rings (SSSR count). The maximum Gasteiger partial charge on any atom is 0.338 e. The van der Waals surface area contributed by atoms with Gasteiger partial charge in [-0.1, -0.05) is 41.4 Å². The number of benzene rings is 2. The number of carbonyl (C=O) groups is 2. The molecule has 12 heteroatoms. The van der Waals surface area contributed by atoms with Crippen LogP contribution in [0.5, 0.6) is 0 Å². The number of amides is 1. The number of sulfonamides is 1. The average Bonchev–Trinajstić information content (AvgIpc) is 3.48. The summed E-state index contributed by atoms with van der Waals surface area (Å²) in [5, 5.41) is 4.83. The van der Waals surface area contributed by atoms with Gasteiger partial charge in [0.1, 0.15) is 4.21 Å². The Morgan fingerprint density at radius 2 is 1.74 bits per heavy atom. The molecule has 0 fully saturated rings. The van der Waals surface area contributed by atoms with Crippen LogP contribution in [0, 0.1) is 6.92 Å². The summed E-state index contributed by atoms with van der Waals surface area (Å²) in [5.41, 5.74) is 3.23. The summed E-state index contributed by atoms with van der Waals surface area (Å²) < 4.78 is 32.6. The molecule has 4 aromatic rings. The van der Waals surface area contributed by atoms with E-state index in [1.54, 1.807) is 0 Å². The monoisotopic (exact) mass is 547 g/mol. The third-order valence-corrected chi connectivity index (χ3v) is 8.48. The topological polar surface area (TPSA) is 114 Å². The molecule has 1 amide bonds. The number of ether oxygens (including phenoxy) is 1. The standard InChI is InChI=1S/C23H18ClN3O5S3/c1-14-2-4-15(5-3-14)18-13-33-23(25-18)26-20(28)12-32-22(29)16-6-8-17(9-7-16)27-35(30,31)21-11-10-19(24)34-21/h2-11,13,27H,12H2,1H3,(H,25,26,28). The van der Waals surface area contributed by atoms with Crippen LogP contribution >= 0.6 is 34.3 Å². The summed E-state index contributed by atoms with van der Waals surface area (Å²) >= 11 is 8.00. The second-order valence-electron chi connectivity index (χ2n) is 7.27. The number of rotatable bonds is 8. The van der Waals surface area contributed by atoms with Crippen molar-refractivity contribution in [2.75, 3.05) is 16.6 Å². The van der Waals surface area contributed by atoms with Gasteiger partial charge in [-0.3, -0.25) is 14.8 Å². The lowest BCUT2D eigenvalue weighted by Gasteiger charge is -2.08. The first-order chi connectivity index (χ1) is 16.7. The van der Waals surface area contributed by atoms with E-state index in [1.165, 1.54) is 47.7 Å². The fourth-order valence-electron chi connectivity index (χ4n) is 2.88. The summed E-state index contributed by atoms with van der Waals surface area (Å²) in [6.45, 7) is 1.50. The summed E-state index contributed by atoms with van der Waals surface area (Å²) in [6, 6.07) is 16.4. The second-order valence-corrected chi connectivity index (χ2v) is 11.8. The lowest BCUT2D eigenvalue weighted by Crippen LogP contribution is -2.20. The first kappa shape index (κ1) is 24.9. The van der Waals surface area contributed by atoms with Gasteiger partial charge >= 0.3 is 5.97 Å². The van der Waals surface area contributed by atoms with Crippen LogP contribution in [-0.4, -0.2) is 31.9 Å². The molecule has 2 N–H and O–H groups in total. The normalized spacial score (nSPS) is 11.1. The van der Waals surface area contributed by atoms with E-state index in [9.17, 15) is 18.0 Å². The highest BCUT2D eigenvalue weighted by molar-refractivity contribution is 7.94. The molecule has 0 saturated carbocycles. The molecule has 2 heterocycles. The van der Waals surface area contributed by atoms with Crippen LogP contribution in [0.1, 0.15) is 15.9 Å². The van der Waals surface area contributed by atoms with Crippen molar-refractivity contribution in [3.05, 3.63) is 81.5 Å². The Bertz CT molecular complexity index is 1460. The zero-order valence-electron chi connectivity index (χ0n) is 18.1. The van der Waals surface area contributed by atoms with Crippen molar-refractivity contribution < 1.29 is 22.7 Å². The van der Waals surface area contributed by atoms with E-state index in [0.717, 1.165) is 28.2 Å². The van der Waals surface area contributed by atoms with Crippen LogP contribution in [0.3, 0.4) is 0 Å². The van der Waals surface area contributed by atoms with E-state index in [4.69, 9.17) is 16.3 Å². The van der Waals surface area contributed by atoms with Crippen molar-refractivity contribution in [2.45, 2.75) is 11.1 Å². The zero-order valence-corrected chi connectivity index (χ0v) is 21.4. The number of thiazole rings is 1. The molecule has 0 saturated heterocycles. The van der Waals surface area contributed by atoms with E-state index in [-0.39, 0.29) is 15.5 Å². The molecule has 0 aliphatic heterocycles. The van der Waals surface area contributed by atoms with Crippen molar-refractivity contribution in [1.29, 1.82) is 0 Å². The quantitative estimate of drug-likeness (QED) is 0.284. The number of nitrogens with one attached hydrogen (secondary N) is 2. The van der Waals surface area contributed by atoms with E-state index < -0.39 is 28.5 Å². The van der Waals surface area contributed by atoms with Crippen molar-refractivity contribution in [3.63, 3.8) is 0 Å². The van der Waals surface area contributed by atoms with Gasteiger partial charge in [0.05, 0.1) is 15.6 Å². The van der Waals surface area contributed by atoms with Gasteiger partial charge in [-0.15, -0.1) is 22.7 Å². The number of aromatic nitrogens is 1. The zero-order chi connectivity index (χ0) is 25.0. The Morgan fingerprint density at radius 3 is 2.40 bits per heavy atom. The van der Waals surface area contributed by atoms with Gasteiger partial charge in [-0.05, 0) is 43.3 Å². The SMILES string of the molecule is Cc1ccc(-c2csc(NC(=O)COC(=O)c3ccc(NS(=O)(=O)c4ccc(Cl)s4)cc3)n2)cc1. The number of aryl methyl sites for hydroxylation is 1. The van der Waals surface area contributed by atoms with Gasteiger partial charge in [0.2, 0.25) is 0 Å². The first-order valence-corrected chi connectivity index (χ1v) is 13.6. The van der Waals surface area contributed by atoms with Crippen molar-refractivity contribution in [3.8, 4) is 11.3 Å². The molecule has 2 aromatic heterocycles. The van der Waals surface area contributed by atoms with Crippen molar-refractivity contribution >= 4 is 67.0 Å². The maximum atomic E-state index is 12.4. The molecule has 0 atom stereocenters. The third-order valence-electron chi connectivity index (χ3n) is 4.62. The van der Waals surface area contributed by atoms with E-state index in [0.29, 0.717) is 9.47 Å². The van der Waals surface area contributed by atoms with Crippen molar-refractivity contribution in [2.24, 2.45) is 0 Å². The highest BCUT2D eigenvalue weighted by Gasteiger charge is 2.17. The number of anilines is 2. The van der Waals surface area contributed by atoms with Crippen molar-refractivity contribution in [1.82, 2.24) is 4.98 Å². The molecular formula is C23H18ClN3O5S3. The molecular weight excluding hydrogens is 530 g/mol. The third kappa shape index (κ3) is 6.45. The number of hydrogen-bond donors (Lipinski definition) is 2. The van der Waals surface area contributed by atoms with E-state index in [2.05, 4.69) is 15.0 Å². The second kappa shape index (κ2) is 10.6. The van der Waals surface area contributed by atoms with Gasteiger partial charge in [0, 0.05) is 16.6 Å². The molecule has 0 unspecified atom stereocenters. The van der Waals surface area contributed by atoms with Crippen LogP contribution in [0.15, 0.2) is 70.3 Å². The molecule has 8 nitrogen and oxygen atoms in total. The smallest absolute Gasteiger partial charge is 0.338 e. The van der Waals surface area contributed by atoms with E-state index in [1.807, 2.05) is 36.6 Å². The molecule has 180 valence electrons. The molecule has 0 spiro atoms. The molecule has 0 radical (unpaired) electrons. The Balaban J connectivity index is 1.29. The molecule has 0 bridgehead atoms. The Morgan fingerprint density at radius 1 is 1.03 bits per heavy atom. The summed E-state index contributed by atoms with van der Waals surface area (Å²) in [6.07, 6.45) is 0. The van der Waals surface area contributed by atoms with Crippen LogP contribution in [0.4, 0.5) is 10.8 Å². The summed E-state index contributed by atoms with van der Waals surface area (Å²) in [5.74, 6) is -1.25. The molecule has 35 heavy (non-hydrogen) atoms. The van der Waals surface area contributed by atoms with Crippen LogP contribution in [0.25, 0.3) is 11.3 Å². The van der Waals surface area contributed by atoms with Gasteiger partial charge in [-0.2, -0.15) is 0 Å². The number of carbonyl (C=O) groups excluding carboxylic acids is 2. The summed E-state index contributed by atoms with van der Waals surface area (Å²) in [7, 11) is -3.78.